The molecule has 0 saturated heterocycles. The van der Waals surface area contributed by atoms with Crippen molar-refractivity contribution in [2.24, 2.45) is 0 Å². The van der Waals surface area contributed by atoms with E-state index in [4.69, 9.17) is 32.4 Å². The van der Waals surface area contributed by atoms with Crippen LogP contribution in [0.2, 0.25) is 10.0 Å². The van der Waals surface area contributed by atoms with Gasteiger partial charge in [-0.15, -0.1) is 5.10 Å². The molecule has 0 radical (unpaired) electrons. The molecule has 0 aliphatic rings. The number of halogens is 3. The van der Waals surface area contributed by atoms with Gasteiger partial charge in [0.2, 0.25) is 5.89 Å². The maximum Gasteiger partial charge on any atom is 0.437 e. The Kier molecular flexibility index (Phi) is 4.87. The molecule has 0 unspecified atom stereocenters. The van der Waals surface area contributed by atoms with Crippen LogP contribution in [-0.2, 0) is 6.54 Å². The fraction of sp³-hybridized carbons (Fsp3) is 0.125. The molecule has 0 bridgehead atoms. The van der Waals surface area contributed by atoms with Crippen molar-refractivity contribution in [2.75, 3.05) is 6.61 Å². The van der Waals surface area contributed by atoms with Crippen LogP contribution in [0.3, 0.4) is 0 Å². The summed E-state index contributed by atoms with van der Waals surface area (Å²) < 4.78 is 24.6. The van der Waals surface area contributed by atoms with Crippen LogP contribution in [0.5, 0.6) is 5.75 Å². The van der Waals surface area contributed by atoms with Crippen molar-refractivity contribution in [3.8, 4) is 17.2 Å². The van der Waals surface area contributed by atoms with Gasteiger partial charge >= 0.3 is 5.76 Å². The summed E-state index contributed by atoms with van der Waals surface area (Å²) in [6.45, 7) is 0.332. The number of hydrogen-bond donors (Lipinski definition) is 0. The minimum atomic E-state index is -0.625. The first-order chi connectivity index (χ1) is 11.5. The molecule has 124 valence electrons. The molecule has 0 saturated carbocycles. The van der Waals surface area contributed by atoms with Gasteiger partial charge in [-0.25, -0.2) is 9.18 Å². The van der Waals surface area contributed by atoms with E-state index in [-0.39, 0.29) is 24.9 Å². The number of benzene rings is 2. The van der Waals surface area contributed by atoms with E-state index >= 15 is 0 Å². The van der Waals surface area contributed by atoms with E-state index in [0.717, 1.165) is 4.68 Å². The second-order valence-electron chi connectivity index (χ2n) is 4.83. The van der Waals surface area contributed by atoms with E-state index < -0.39 is 5.76 Å². The fourth-order valence-corrected chi connectivity index (χ4v) is 2.45. The van der Waals surface area contributed by atoms with Crippen LogP contribution < -0.4 is 10.5 Å². The second-order valence-corrected chi connectivity index (χ2v) is 5.67. The van der Waals surface area contributed by atoms with Gasteiger partial charge in [0.25, 0.3) is 0 Å². The lowest BCUT2D eigenvalue weighted by Gasteiger charge is -2.07. The van der Waals surface area contributed by atoms with E-state index in [0.29, 0.717) is 21.4 Å². The van der Waals surface area contributed by atoms with E-state index in [1.807, 2.05) is 0 Å². The van der Waals surface area contributed by atoms with Gasteiger partial charge in [0.15, 0.2) is 0 Å². The minimum absolute atomic E-state index is 0.115. The Morgan fingerprint density at radius 1 is 1.17 bits per heavy atom. The third kappa shape index (κ3) is 3.77. The molecular formula is C16H11Cl2FN2O3. The van der Waals surface area contributed by atoms with Crippen molar-refractivity contribution >= 4 is 23.2 Å². The number of nitrogens with zero attached hydrogens (tertiary/aromatic N) is 2. The van der Waals surface area contributed by atoms with Crippen molar-refractivity contribution in [1.82, 2.24) is 9.78 Å². The Morgan fingerprint density at radius 2 is 1.92 bits per heavy atom. The van der Waals surface area contributed by atoms with Crippen LogP contribution >= 0.6 is 23.2 Å². The molecule has 0 atom stereocenters. The highest BCUT2D eigenvalue weighted by Crippen LogP contribution is 2.27. The summed E-state index contributed by atoms with van der Waals surface area (Å²) in [5.41, 5.74) is 0.508. The smallest absolute Gasteiger partial charge is 0.437 e. The molecule has 2 aromatic carbocycles. The highest BCUT2D eigenvalue weighted by atomic mass is 35.5. The molecular weight excluding hydrogens is 358 g/mol. The standard InChI is InChI=1S/C16H11Cl2FN2O3/c17-11-3-6-14(13(18)9-11)23-8-7-21-16(22)24-15(20-21)10-1-4-12(19)5-2-10/h1-6,9H,7-8H2. The van der Waals surface area contributed by atoms with E-state index in [2.05, 4.69) is 5.10 Å². The van der Waals surface area contributed by atoms with Gasteiger partial charge in [-0.05, 0) is 42.5 Å². The maximum absolute atomic E-state index is 12.9. The molecule has 8 heteroatoms. The van der Waals surface area contributed by atoms with Gasteiger partial charge < -0.3 is 9.15 Å². The van der Waals surface area contributed by atoms with Crippen molar-refractivity contribution < 1.29 is 13.5 Å². The summed E-state index contributed by atoms with van der Waals surface area (Å²) in [7, 11) is 0. The largest absolute Gasteiger partial charge is 0.490 e. The molecule has 1 aromatic heterocycles. The molecule has 5 nitrogen and oxygen atoms in total. The van der Waals surface area contributed by atoms with Gasteiger partial charge in [0.1, 0.15) is 18.2 Å². The Hall–Kier alpha value is -2.31. The molecule has 1 heterocycles. The van der Waals surface area contributed by atoms with E-state index in [1.54, 1.807) is 18.2 Å². The zero-order chi connectivity index (χ0) is 17.1. The molecule has 3 rings (SSSR count). The number of rotatable bonds is 5. The highest BCUT2D eigenvalue weighted by molar-refractivity contribution is 6.35. The topological polar surface area (TPSA) is 57.3 Å². The molecule has 0 N–H and O–H groups in total. The zero-order valence-electron chi connectivity index (χ0n) is 12.2. The lowest BCUT2D eigenvalue weighted by atomic mass is 10.2. The summed E-state index contributed by atoms with van der Waals surface area (Å²) >= 11 is 11.8. The minimum Gasteiger partial charge on any atom is -0.490 e. The first-order valence-electron chi connectivity index (χ1n) is 6.94. The molecule has 3 aromatic rings. The maximum atomic E-state index is 12.9. The van der Waals surface area contributed by atoms with Crippen molar-refractivity contribution in [1.29, 1.82) is 0 Å². The lowest BCUT2D eigenvalue weighted by Crippen LogP contribution is -2.20. The van der Waals surface area contributed by atoms with Gasteiger partial charge in [0.05, 0.1) is 11.6 Å². The van der Waals surface area contributed by atoms with Crippen LogP contribution in [-0.4, -0.2) is 16.4 Å². The van der Waals surface area contributed by atoms with Gasteiger partial charge in [0, 0.05) is 10.6 Å². The Bertz CT molecular complexity index is 906. The van der Waals surface area contributed by atoms with Crippen molar-refractivity contribution in [3.05, 3.63) is 68.9 Å². The highest BCUT2D eigenvalue weighted by Gasteiger charge is 2.11. The average molecular weight is 369 g/mol. The summed E-state index contributed by atoms with van der Waals surface area (Å²) in [5.74, 6) is -0.435. The summed E-state index contributed by atoms with van der Waals surface area (Å²) in [6.07, 6.45) is 0. The predicted octanol–water partition coefficient (Wildman–Crippen LogP) is 4.03. The van der Waals surface area contributed by atoms with Crippen LogP contribution in [0.1, 0.15) is 0 Å². The third-order valence-electron chi connectivity index (χ3n) is 3.15. The molecule has 0 fully saturated rings. The van der Waals surface area contributed by atoms with Crippen LogP contribution in [0, 0.1) is 5.82 Å². The predicted molar refractivity (Wildman–Crippen MR) is 88.1 cm³/mol. The Labute approximate surface area is 146 Å². The van der Waals surface area contributed by atoms with Crippen molar-refractivity contribution in [3.63, 3.8) is 0 Å². The van der Waals surface area contributed by atoms with Gasteiger partial charge in [-0.3, -0.25) is 0 Å². The molecule has 0 aliphatic heterocycles. The molecule has 0 aliphatic carbocycles. The second kappa shape index (κ2) is 7.07. The fourth-order valence-electron chi connectivity index (χ4n) is 1.99. The first-order valence-corrected chi connectivity index (χ1v) is 7.70. The summed E-state index contributed by atoms with van der Waals surface area (Å²) in [6, 6.07) is 10.3. The van der Waals surface area contributed by atoms with E-state index in [9.17, 15) is 9.18 Å². The first kappa shape index (κ1) is 16.5. The number of ether oxygens (including phenoxy) is 1. The van der Waals surface area contributed by atoms with E-state index in [1.165, 1.54) is 24.3 Å². The normalized spacial score (nSPS) is 10.8. The zero-order valence-corrected chi connectivity index (χ0v) is 13.7. The molecule has 0 amide bonds. The monoisotopic (exact) mass is 368 g/mol. The summed E-state index contributed by atoms with van der Waals surface area (Å²) in [5, 5.41) is 4.94. The lowest BCUT2D eigenvalue weighted by molar-refractivity contribution is 0.285. The van der Waals surface area contributed by atoms with Crippen molar-refractivity contribution in [2.45, 2.75) is 6.54 Å². The van der Waals surface area contributed by atoms with Gasteiger partial charge in [-0.1, -0.05) is 23.2 Å². The summed E-state index contributed by atoms with van der Waals surface area (Å²) in [4.78, 5) is 11.8. The van der Waals surface area contributed by atoms with Crippen LogP contribution in [0.25, 0.3) is 11.5 Å². The number of aromatic nitrogens is 2. The Morgan fingerprint density at radius 3 is 2.62 bits per heavy atom. The quantitative estimate of drug-likeness (QED) is 0.682. The number of hydrogen-bond acceptors (Lipinski definition) is 4. The third-order valence-corrected chi connectivity index (χ3v) is 3.68. The SMILES string of the molecule is O=c1oc(-c2ccc(F)cc2)nn1CCOc1ccc(Cl)cc1Cl. The van der Waals surface area contributed by atoms with Gasteiger partial charge in [-0.2, -0.15) is 4.68 Å². The Balaban J connectivity index is 1.67. The van der Waals surface area contributed by atoms with Crippen LogP contribution in [0.15, 0.2) is 51.7 Å². The average Bonchev–Trinajstić information content (AvgIpc) is 2.91. The molecule has 0 spiro atoms. The van der Waals surface area contributed by atoms with Crippen LogP contribution in [0.4, 0.5) is 4.39 Å². The molecule has 24 heavy (non-hydrogen) atoms.